The summed E-state index contributed by atoms with van der Waals surface area (Å²) in [6.07, 6.45) is 10.5. The van der Waals surface area contributed by atoms with E-state index < -0.39 is 5.97 Å². The highest BCUT2D eigenvalue weighted by Crippen LogP contribution is 2.29. The number of benzene rings is 2. The van der Waals surface area contributed by atoms with Crippen LogP contribution in [0.4, 0.5) is 0 Å². The van der Waals surface area contributed by atoms with Gasteiger partial charge in [0.2, 0.25) is 0 Å². The lowest BCUT2D eigenvalue weighted by atomic mass is 10.1. The molecule has 0 bridgehead atoms. The number of ether oxygens (including phenoxy) is 2. The van der Waals surface area contributed by atoms with Gasteiger partial charge in [0, 0.05) is 23.5 Å². The van der Waals surface area contributed by atoms with Gasteiger partial charge in [-0.2, -0.15) is 0 Å². The van der Waals surface area contributed by atoms with Crippen molar-refractivity contribution < 1.29 is 14.3 Å². The SMILES string of the molecule is CCOc1cc(/C=C/c2ccncc2)ccc1OC(=O)/C=C/c1ccc(Cl)cc1. The summed E-state index contributed by atoms with van der Waals surface area (Å²) >= 11 is 5.86. The Kier molecular flexibility index (Phi) is 7.20. The molecule has 0 saturated heterocycles. The van der Waals surface area contributed by atoms with Crippen LogP contribution in [0.5, 0.6) is 11.5 Å². The molecule has 4 nitrogen and oxygen atoms in total. The fourth-order valence-electron chi connectivity index (χ4n) is 2.53. The number of pyridine rings is 1. The molecule has 1 heterocycles. The first-order valence-electron chi connectivity index (χ1n) is 9.14. The zero-order valence-electron chi connectivity index (χ0n) is 15.9. The average molecular weight is 406 g/mol. The normalized spacial score (nSPS) is 11.1. The van der Waals surface area contributed by atoms with E-state index in [9.17, 15) is 4.79 Å². The summed E-state index contributed by atoms with van der Waals surface area (Å²) < 4.78 is 11.1. The zero-order chi connectivity index (χ0) is 20.5. The van der Waals surface area contributed by atoms with Crippen molar-refractivity contribution in [1.29, 1.82) is 0 Å². The Labute approximate surface area is 175 Å². The Morgan fingerprint density at radius 3 is 2.28 bits per heavy atom. The lowest BCUT2D eigenvalue weighted by Gasteiger charge is -2.10. The van der Waals surface area contributed by atoms with Crippen molar-refractivity contribution in [2.75, 3.05) is 6.61 Å². The van der Waals surface area contributed by atoms with Crippen LogP contribution in [-0.2, 0) is 4.79 Å². The van der Waals surface area contributed by atoms with Crippen LogP contribution >= 0.6 is 11.6 Å². The number of esters is 1. The van der Waals surface area contributed by atoms with Crippen molar-refractivity contribution >= 4 is 35.8 Å². The lowest BCUT2D eigenvalue weighted by Crippen LogP contribution is -2.06. The van der Waals surface area contributed by atoms with E-state index >= 15 is 0 Å². The monoisotopic (exact) mass is 405 g/mol. The number of hydrogen-bond acceptors (Lipinski definition) is 4. The van der Waals surface area contributed by atoms with Crippen LogP contribution in [0.1, 0.15) is 23.6 Å². The average Bonchev–Trinajstić information content (AvgIpc) is 2.74. The van der Waals surface area contributed by atoms with Crippen molar-refractivity contribution in [2.24, 2.45) is 0 Å². The maximum absolute atomic E-state index is 12.2. The predicted molar refractivity (Wildman–Crippen MR) is 117 cm³/mol. The quantitative estimate of drug-likeness (QED) is 0.278. The second-order valence-corrected chi connectivity index (χ2v) is 6.50. The van der Waals surface area contributed by atoms with E-state index in [0.717, 1.165) is 16.7 Å². The third-order valence-corrected chi connectivity index (χ3v) is 4.19. The molecule has 0 radical (unpaired) electrons. The molecule has 5 heteroatoms. The van der Waals surface area contributed by atoms with E-state index in [0.29, 0.717) is 23.1 Å². The maximum atomic E-state index is 12.2. The smallest absolute Gasteiger partial charge is 0.336 e. The molecule has 3 rings (SSSR count). The molecule has 0 aliphatic heterocycles. The molecule has 146 valence electrons. The van der Waals surface area contributed by atoms with Gasteiger partial charge in [0.05, 0.1) is 6.61 Å². The number of rotatable bonds is 7. The van der Waals surface area contributed by atoms with Crippen molar-refractivity contribution in [1.82, 2.24) is 4.98 Å². The topological polar surface area (TPSA) is 48.4 Å². The number of carbonyl (C=O) groups excluding carboxylic acids is 1. The number of hydrogen-bond donors (Lipinski definition) is 0. The van der Waals surface area contributed by atoms with E-state index in [1.54, 1.807) is 36.7 Å². The second-order valence-electron chi connectivity index (χ2n) is 6.06. The molecule has 0 aliphatic carbocycles. The molecule has 0 amide bonds. The van der Waals surface area contributed by atoms with Crippen LogP contribution < -0.4 is 9.47 Å². The molecule has 0 spiro atoms. The summed E-state index contributed by atoms with van der Waals surface area (Å²) in [5, 5.41) is 0.643. The number of halogens is 1. The Balaban J connectivity index is 1.71. The fraction of sp³-hybridized carbons (Fsp3) is 0.0833. The lowest BCUT2D eigenvalue weighted by molar-refractivity contribution is -0.129. The first kappa shape index (κ1) is 20.4. The van der Waals surface area contributed by atoms with Crippen LogP contribution in [0.3, 0.4) is 0 Å². The third-order valence-electron chi connectivity index (χ3n) is 3.93. The molecule has 0 unspecified atom stereocenters. The molecule has 0 saturated carbocycles. The molecule has 2 aromatic carbocycles. The summed E-state index contributed by atoms with van der Waals surface area (Å²) in [5.74, 6) is 0.400. The molecule has 1 aromatic heterocycles. The Hall–Kier alpha value is -3.37. The molecule has 3 aromatic rings. The Morgan fingerprint density at radius 2 is 1.55 bits per heavy atom. The highest BCUT2D eigenvalue weighted by molar-refractivity contribution is 6.30. The van der Waals surface area contributed by atoms with Gasteiger partial charge in [-0.25, -0.2) is 4.79 Å². The highest BCUT2D eigenvalue weighted by atomic mass is 35.5. The van der Waals surface area contributed by atoms with Crippen molar-refractivity contribution in [3.05, 3.63) is 94.8 Å². The van der Waals surface area contributed by atoms with Gasteiger partial charge in [0.1, 0.15) is 0 Å². The zero-order valence-corrected chi connectivity index (χ0v) is 16.7. The van der Waals surface area contributed by atoms with E-state index in [2.05, 4.69) is 4.98 Å². The van der Waals surface area contributed by atoms with Crippen LogP contribution in [-0.4, -0.2) is 17.6 Å². The van der Waals surface area contributed by atoms with Gasteiger partial charge in [-0.3, -0.25) is 4.98 Å². The summed E-state index contributed by atoms with van der Waals surface area (Å²) in [7, 11) is 0. The summed E-state index contributed by atoms with van der Waals surface area (Å²) in [5.41, 5.74) is 2.83. The van der Waals surface area contributed by atoms with Crippen molar-refractivity contribution in [2.45, 2.75) is 6.92 Å². The first-order chi connectivity index (χ1) is 14.1. The number of carbonyl (C=O) groups is 1. The minimum absolute atomic E-state index is 0.374. The number of nitrogens with zero attached hydrogens (tertiary/aromatic N) is 1. The molecule has 0 N–H and O–H groups in total. The summed E-state index contributed by atoms with van der Waals surface area (Å²) in [6.45, 7) is 2.34. The van der Waals surface area contributed by atoms with Crippen LogP contribution in [0.15, 0.2) is 73.1 Å². The van der Waals surface area contributed by atoms with Gasteiger partial charge in [0.25, 0.3) is 0 Å². The maximum Gasteiger partial charge on any atom is 0.336 e. The van der Waals surface area contributed by atoms with Crippen LogP contribution in [0.2, 0.25) is 5.02 Å². The van der Waals surface area contributed by atoms with E-state index in [4.69, 9.17) is 21.1 Å². The van der Waals surface area contributed by atoms with Crippen molar-refractivity contribution in [3.63, 3.8) is 0 Å². The van der Waals surface area contributed by atoms with Crippen molar-refractivity contribution in [3.8, 4) is 11.5 Å². The molecular weight excluding hydrogens is 386 g/mol. The molecule has 0 atom stereocenters. The standard InChI is InChI=1S/C24H20ClNO3/c1-2-28-23-17-20(4-3-19-13-15-26-16-14-19)7-11-22(23)29-24(27)12-8-18-5-9-21(25)10-6-18/h3-17H,2H2,1H3/b4-3+,12-8+. The molecular formula is C24H20ClNO3. The summed E-state index contributed by atoms with van der Waals surface area (Å²) in [4.78, 5) is 16.2. The van der Waals surface area contributed by atoms with E-state index in [-0.39, 0.29) is 0 Å². The van der Waals surface area contributed by atoms with Gasteiger partial charge >= 0.3 is 5.97 Å². The van der Waals surface area contributed by atoms with Gasteiger partial charge in [-0.05, 0) is 66.1 Å². The first-order valence-corrected chi connectivity index (χ1v) is 9.52. The van der Waals surface area contributed by atoms with Gasteiger partial charge in [-0.15, -0.1) is 0 Å². The third kappa shape index (κ3) is 6.33. The van der Waals surface area contributed by atoms with Crippen LogP contribution in [0, 0.1) is 0 Å². The number of aromatic nitrogens is 1. The second kappa shape index (κ2) is 10.2. The van der Waals surface area contributed by atoms with Gasteiger partial charge in [-0.1, -0.05) is 42.0 Å². The predicted octanol–water partition coefficient (Wildman–Crippen LogP) is 5.92. The van der Waals surface area contributed by atoms with E-state index in [1.165, 1.54) is 6.08 Å². The van der Waals surface area contributed by atoms with E-state index in [1.807, 2.05) is 55.5 Å². The van der Waals surface area contributed by atoms with Gasteiger partial charge in [0.15, 0.2) is 11.5 Å². The fourth-order valence-corrected chi connectivity index (χ4v) is 2.65. The minimum atomic E-state index is -0.485. The minimum Gasteiger partial charge on any atom is -0.490 e. The Bertz CT molecular complexity index is 1010. The van der Waals surface area contributed by atoms with Gasteiger partial charge < -0.3 is 9.47 Å². The summed E-state index contributed by atoms with van der Waals surface area (Å²) in [6, 6.07) is 16.4. The molecule has 29 heavy (non-hydrogen) atoms. The highest BCUT2D eigenvalue weighted by Gasteiger charge is 2.09. The largest absolute Gasteiger partial charge is 0.490 e. The van der Waals surface area contributed by atoms with Crippen LogP contribution in [0.25, 0.3) is 18.2 Å². The Morgan fingerprint density at radius 1 is 0.897 bits per heavy atom. The molecule has 0 aliphatic rings. The molecule has 0 fully saturated rings.